The molecule has 0 bridgehead atoms. The molecule has 1 aliphatic carbocycles. The molecule has 3 heterocycles. The molecule has 1 saturated heterocycles. The summed E-state index contributed by atoms with van der Waals surface area (Å²) >= 11 is 0. The average Bonchev–Trinajstić information content (AvgIpc) is 3.07. The molecule has 2 aromatic rings. The van der Waals surface area contributed by atoms with Crippen LogP contribution in [0.2, 0.25) is 0 Å². The molecule has 1 aromatic heterocycles. The largest absolute Gasteiger partial charge is 0.488 e. The number of anilines is 1. The molecule has 0 N–H and O–H groups in total. The van der Waals surface area contributed by atoms with Crippen LogP contribution in [-0.2, 0) is 6.54 Å². The minimum Gasteiger partial charge on any atom is -0.488 e. The summed E-state index contributed by atoms with van der Waals surface area (Å²) in [5, 5.41) is 0. The third kappa shape index (κ3) is 2.77. The second-order valence-corrected chi connectivity index (χ2v) is 7.49. The number of hydrogen-bond acceptors (Lipinski definition) is 5. The number of benzene rings is 1. The number of aromatic nitrogens is 2. The van der Waals surface area contributed by atoms with E-state index in [1.165, 1.54) is 18.4 Å². The van der Waals surface area contributed by atoms with Gasteiger partial charge in [-0.3, -0.25) is 4.99 Å². The summed E-state index contributed by atoms with van der Waals surface area (Å²) in [7, 11) is 0. The molecule has 3 aliphatic rings. The molecule has 5 heteroatoms. The summed E-state index contributed by atoms with van der Waals surface area (Å²) in [6.07, 6.45) is 6.41. The maximum atomic E-state index is 6.13. The van der Waals surface area contributed by atoms with Crippen molar-refractivity contribution in [3.05, 3.63) is 47.4 Å². The lowest BCUT2D eigenvalue weighted by atomic mass is 10.0. The van der Waals surface area contributed by atoms with Crippen LogP contribution in [0.5, 0.6) is 5.75 Å². The first-order valence-electron chi connectivity index (χ1n) is 9.14. The first-order chi connectivity index (χ1) is 12.2. The van der Waals surface area contributed by atoms with Gasteiger partial charge in [0.25, 0.3) is 0 Å². The van der Waals surface area contributed by atoms with E-state index in [4.69, 9.17) is 9.73 Å². The zero-order chi connectivity index (χ0) is 16.9. The number of rotatable bonds is 4. The van der Waals surface area contributed by atoms with Crippen LogP contribution in [0.25, 0.3) is 0 Å². The summed E-state index contributed by atoms with van der Waals surface area (Å²) in [6, 6.07) is 8.41. The Labute approximate surface area is 147 Å². The highest BCUT2D eigenvalue weighted by Gasteiger charge is 2.40. The fourth-order valence-electron chi connectivity index (χ4n) is 3.60. The molecule has 0 spiro atoms. The second kappa shape index (κ2) is 5.55. The van der Waals surface area contributed by atoms with E-state index in [1.54, 1.807) is 6.33 Å². The molecule has 0 unspecified atom stereocenters. The van der Waals surface area contributed by atoms with Crippen LogP contribution >= 0.6 is 0 Å². The average molecular weight is 334 g/mol. The van der Waals surface area contributed by atoms with Gasteiger partial charge in [0.05, 0.1) is 18.0 Å². The molecular formula is C20H22N4O. The van der Waals surface area contributed by atoms with Crippen molar-refractivity contribution < 1.29 is 4.74 Å². The van der Waals surface area contributed by atoms with Crippen molar-refractivity contribution in [3.8, 4) is 5.75 Å². The van der Waals surface area contributed by atoms with Crippen LogP contribution in [0, 0.1) is 0 Å². The molecule has 1 aromatic carbocycles. The fourth-order valence-corrected chi connectivity index (χ4v) is 3.60. The van der Waals surface area contributed by atoms with E-state index < -0.39 is 0 Å². The van der Waals surface area contributed by atoms with Gasteiger partial charge in [0.1, 0.15) is 23.5 Å². The van der Waals surface area contributed by atoms with Crippen molar-refractivity contribution in [1.29, 1.82) is 0 Å². The zero-order valence-electron chi connectivity index (χ0n) is 14.5. The number of nitrogens with zero attached hydrogens (tertiary/aromatic N) is 4. The van der Waals surface area contributed by atoms with Gasteiger partial charge in [-0.15, -0.1) is 0 Å². The molecule has 25 heavy (non-hydrogen) atoms. The highest BCUT2D eigenvalue weighted by molar-refractivity contribution is 6.14. The van der Waals surface area contributed by atoms with Crippen molar-refractivity contribution in [2.24, 2.45) is 4.99 Å². The quantitative estimate of drug-likeness (QED) is 0.860. The molecule has 0 radical (unpaired) electrons. The van der Waals surface area contributed by atoms with Crippen molar-refractivity contribution in [2.75, 3.05) is 18.0 Å². The van der Waals surface area contributed by atoms with Crippen LogP contribution in [0.4, 0.5) is 5.82 Å². The number of ether oxygens (including phenoxy) is 1. The zero-order valence-corrected chi connectivity index (χ0v) is 14.5. The summed E-state index contributed by atoms with van der Waals surface area (Å²) < 4.78 is 6.13. The number of fused-ring (bicyclic) bond motifs is 1. The summed E-state index contributed by atoms with van der Waals surface area (Å²) in [5.41, 5.74) is 4.29. The van der Waals surface area contributed by atoms with Gasteiger partial charge < -0.3 is 9.64 Å². The van der Waals surface area contributed by atoms with E-state index in [-0.39, 0.29) is 5.60 Å². The Balaban J connectivity index is 1.46. The first kappa shape index (κ1) is 14.9. The molecule has 2 fully saturated rings. The Bertz CT molecular complexity index is 851. The molecule has 0 amide bonds. The predicted molar refractivity (Wildman–Crippen MR) is 97.5 cm³/mol. The summed E-state index contributed by atoms with van der Waals surface area (Å²) in [5.74, 6) is 1.94. The number of aliphatic imine (C=N–C) groups is 1. The Hall–Kier alpha value is -2.43. The maximum Gasteiger partial charge on any atom is 0.132 e. The van der Waals surface area contributed by atoms with E-state index in [2.05, 4.69) is 46.1 Å². The van der Waals surface area contributed by atoms with Crippen LogP contribution in [0.15, 0.2) is 35.6 Å². The molecule has 0 atom stereocenters. The van der Waals surface area contributed by atoms with Crippen LogP contribution < -0.4 is 9.64 Å². The smallest absolute Gasteiger partial charge is 0.132 e. The van der Waals surface area contributed by atoms with Gasteiger partial charge in [0.15, 0.2) is 0 Å². The van der Waals surface area contributed by atoms with Crippen molar-refractivity contribution >= 4 is 11.5 Å². The summed E-state index contributed by atoms with van der Waals surface area (Å²) in [4.78, 5) is 16.0. The van der Waals surface area contributed by atoms with Crippen LogP contribution in [0.1, 0.15) is 49.4 Å². The van der Waals surface area contributed by atoms with Gasteiger partial charge in [0.2, 0.25) is 0 Å². The number of hydrogen-bond donors (Lipinski definition) is 0. The van der Waals surface area contributed by atoms with Crippen molar-refractivity contribution in [3.63, 3.8) is 0 Å². The molecule has 5 nitrogen and oxygen atoms in total. The third-order valence-electron chi connectivity index (χ3n) is 5.39. The SMILES string of the molecule is CC1(Oc2ccc3c(c2)C(c2cc(N4CCCC4)ncn2)=NC3)CC1. The lowest BCUT2D eigenvalue weighted by molar-refractivity contribution is 0.200. The van der Waals surface area contributed by atoms with E-state index in [1.807, 2.05) is 0 Å². The fraction of sp³-hybridized carbons (Fsp3) is 0.450. The molecule has 128 valence electrons. The molecular weight excluding hydrogens is 312 g/mol. The Kier molecular flexibility index (Phi) is 3.30. The second-order valence-electron chi connectivity index (χ2n) is 7.49. The van der Waals surface area contributed by atoms with Crippen LogP contribution in [0.3, 0.4) is 0 Å². The molecule has 2 aliphatic heterocycles. The Morgan fingerprint density at radius 3 is 2.72 bits per heavy atom. The lowest BCUT2D eigenvalue weighted by Crippen LogP contribution is -2.20. The van der Waals surface area contributed by atoms with Gasteiger partial charge in [-0.05, 0) is 50.3 Å². The van der Waals surface area contributed by atoms with Gasteiger partial charge >= 0.3 is 0 Å². The minimum atomic E-state index is 0.0297. The van der Waals surface area contributed by atoms with Crippen LogP contribution in [-0.4, -0.2) is 34.4 Å². The standard InChI is InChI=1S/C20H22N4O/c1-20(6-7-20)25-15-5-4-14-12-21-19(16(14)10-15)17-11-18(23-13-22-17)24-8-2-3-9-24/h4-5,10-11,13H,2-3,6-9,12H2,1H3. The van der Waals surface area contributed by atoms with E-state index in [0.717, 1.165) is 54.5 Å². The Morgan fingerprint density at radius 1 is 1.08 bits per heavy atom. The highest BCUT2D eigenvalue weighted by Crippen LogP contribution is 2.40. The van der Waals surface area contributed by atoms with Gasteiger partial charge in [-0.1, -0.05) is 6.07 Å². The Morgan fingerprint density at radius 2 is 1.92 bits per heavy atom. The summed E-state index contributed by atoms with van der Waals surface area (Å²) in [6.45, 7) is 5.04. The monoisotopic (exact) mass is 334 g/mol. The van der Waals surface area contributed by atoms with Crippen molar-refractivity contribution in [2.45, 2.75) is 44.8 Å². The van der Waals surface area contributed by atoms with E-state index >= 15 is 0 Å². The van der Waals surface area contributed by atoms with Gasteiger partial charge in [-0.2, -0.15) is 0 Å². The van der Waals surface area contributed by atoms with Gasteiger partial charge in [0, 0.05) is 24.7 Å². The maximum absolute atomic E-state index is 6.13. The first-order valence-corrected chi connectivity index (χ1v) is 9.14. The van der Waals surface area contributed by atoms with E-state index in [0.29, 0.717) is 6.54 Å². The predicted octanol–water partition coefficient (Wildman–Crippen LogP) is 3.36. The molecule has 5 rings (SSSR count). The minimum absolute atomic E-state index is 0.0297. The normalized spacial score (nSPS) is 20.4. The highest BCUT2D eigenvalue weighted by atomic mass is 16.5. The van der Waals surface area contributed by atoms with Crippen molar-refractivity contribution in [1.82, 2.24) is 9.97 Å². The van der Waals surface area contributed by atoms with E-state index in [9.17, 15) is 0 Å². The van der Waals surface area contributed by atoms with Gasteiger partial charge in [-0.25, -0.2) is 9.97 Å². The topological polar surface area (TPSA) is 50.6 Å². The lowest BCUT2D eigenvalue weighted by Gasteiger charge is -2.17. The third-order valence-corrected chi connectivity index (χ3v) is 5.39. The molecule has 1 saturated carbocycles.